The molecule has 1 aromatic heterocycles. The second kappa shape index (κ2) is 7.96. The summed E-state index contributed by atoms with van der Waals surface area (Å²) in [4.78, 5) is 19.1. The van der Waals surface area contributed by atoms with E-state index in [9.17, 15) is 15.2 Å². The van der Waals surface area contributed by atoms with Crippen molar-refractivity contribution in [3.05, 3.63) is 74.7 Å². The number of non-ortho nitro benzene ring substituents is 1. The molecule has 150 valence electrons. The van der Waals surface area contributed by atoms with E-state index in [4.69, 9.17) is 9.15 Å². The van der Waals surface area contributed by atoms with E-state index in [0.717, 1.165) is 16.1 Å². The van der Waals surface area contributed by atoms with Crippen LogP contribution in [0.4, 0.5) is 11.4 Å². The fourth-order valence-corrected chi connectivity index (χ4v) is 3.35. The first-order chi connectivity index (χ1) is 14.4. The highest BCUT2D eigenvalue weighted by molar-refractivity contribution is 9.10. The predicted molar refractivity (Wildman–Crippen MR) is 113 cm³/mol. The molecule has 0 saturated heterocycles. The standard InChI is InChI=1S/C21H14BrN3O5/c1-29-19-6-2-12(9-16(19)22)21-24-17-10-14(3-7-20(17)30-21)23-11-13-8-15(25(27)28)4-5-18(13)26/h2-11,26H,1H3/p-1. The molecule has 0 fully saturated rings. The van der Waals surface area contributed by atoms with Gasteiger partial charge in [-0.2, -0.15) is 0 Å². The molecule has 3 aromatic carbocycles. The molecule has 0 spiro atoms. The van der Waals surface area contributed by atoms with Crippen LogP contribution in [0.5, 0.6) is 11.5 Å². The maximum absolute atomic E-state index is 11.9. The number of aromatic nitrogens is 1. The van der Waals surface area contributed by atoms with Crippen molar-refractivity contribution in [2.45, 2.75) is 0 Å². The summed E-state index contributed by atoms with van der Waals surface area (Å²) in [5, 5.41) is 22.8. The number of aliphatic imine (C=N–C) groups is 1. The lowest BCUT2D eigenvalue weighted by atomic mass is 10.2. The lowest BCUT2D eigenvalue weighted by Gasteiger charge is -2.08. The van der Waals surface area contributed by atoms with Gasteiger partial charge in [-0.3, -0.25) is 15.1 Å². The summed E-state index contributed by atoms with van der Waals surface area (Å²) >= 11 is 3.44. The highest BCUT2D eigenvalue weighted by atomic mass is 79.9. The van der Waals surface area contributed by atoms with Gasteiger partial charge < -0.3 is 14.3 Å². The highest BCUT2D eigenvalue weighted by Gasteiger charge is 2.11. The van der Waals surface area contributed by atoms with Crippen molar-refractivity contribution in [2.75, 3.05) is 7.11 Å². The van der Waals surface area contributed by atoms with Gasteiger partial charge in [-0.25, -0.2) is 4.98 Å². The number of methoxy groups -OCH3 is 1. The van der Waals surface area contributed by atoms with Gasteiger partial charge in [-0.15, -0.1) is 0 Å². The molecule has 0 unspecified atom stereocenters. The number of ether oxygens (including phenoxy) is 1. The molecule has 0 radical (unpaired) electrons. The fraction of sp³-hybridized carbons (Fsp3) is 0.0476. The molecular formula is C21H13BrN3O5-. The van der Waals surface area contributed by atoms with E-state index in [0.29, 0.717) is 28.4 Å². The van der Waals surface area contributed by atoms with Crippen molar-refractivity contribution >= 4 is 44.6 Å². The van der Waals surface area contributed by atoms with E-state index in [1.165, 1.54) is 18.3 Å². The van der Waals surface area contributed by atoms with Crippen LogP contribution in [-0.2, 0) is 0 Å². The molecular weight excluding hydrogens is 454 g/mol. The lowest BCUT2D eigenvalue weighted by molar-refractivity contribution is -0.385. The van der Waals surface area contributed by atoms with E-state index in [2.05, 4.69) is 25.9 Å². The minimum Gasteiger partial charge on any atom is -0.872 e. The first kappa shape index (κ1) is 19.6. The molecule has 0 aliphatic heterocycles. The van der Waals surface area contributed by atoms with Crippen LogP contribution in [0.3, 0.4) is 0 Å². The van der Waals surface area contributed by atoms with Gasteiger partial charge in [0.15, 0.2) is 5.58 Å². The molecule has 0 N–H and O–H groups in total. The molecule has 8 nitrogen and oxygen atoms in total. The van der Waals surface area contributed by atoms with Crippen LogP contribution in [0, 0.1) is 10.1 Å². The molecule has 0 saturated carbocycles. The molecule has 0 amide bonds. The predicted octanol–water partition coefficient (Wildman–Crippen LogP) is 5.00. The smallest absolute Gasteiger partial charge is 0.270 e. The second-order valence-electron chi connectivity index (χ2n) is 6.26. The van der Waals surface area contributed by atoms with Crippen LogP contribution in [-0.4, -0.2) is 23.2 Å². The van der Waals surface area contributed by atoms with Gasteiger partial charge in [0.2, 0.25) is 5.89 Å². The molecule has 0 aliphatic carbocycles. The highest BCUT2D eigenvalue weighted by Crippen LogP contribution is 2.32. The number of rotatable bonds is 5. The van der Waals surface area contributed by atoms with Crippen LogP contribution in [0.2, 0.25) is 0 Å². The van der Waals surface area contributed by atoms with Gasteiger partial charge in [0.25, 0.3) is 5.69 Å². The minimum absolute atomic E-state index is 0.133. The van der Waals surface area contributed by atoms with Gasteiger partial charge in [0.05, 0.1) is 22.2 Å². The van der Waals surface area contributed by atoms with Crippen LogP contribution < -0.4 is 9.84 Å². The fourth-order valence-electron chi connectivity index (χ4n) is 2.81. The van der Waals surface area contributed by atoms with E-state index in [1.807, 2.05) is 18.2 Å². The third-order valence-electron chi connectivity index (χ3n) is 4.33. The number of halogens is 1. The first-order valence-corrected chi connectivity index (χ1v) is 9.48. The Labute approximate surface area is 178 Å². The summed E-state index contributed by atoms with van der Waals surface area (Å²) in [6.45, 7) is 0. The molecule has 4 aromatic rings. The van der Waals surface area contributed by atoms with Crippen LogP contribution in [0.15, 0.2) is 68.5 Å². The maximum Gasteiger partial charge on any atom is 0.270 e. The minimum atomic E-state index is -0.558. The molecule has 0 atom stereocenters. The zero-order valence-corrected chi connectivity index (χ0v) is 17.1. The zero-order valence-electron chi connectivity index (χ0n) is 15.5. The van der Waals surface area contributed by atoms with E-state index in [1.54, 1.807) is 25.3 Å². The summed E-state index contributed by atoms with van der Waals surface area (Å²) < 4.78 is 11.8. The Kier molecular flexibility index (Phi) is 5.20. The molecule has 0 aliphatic rings. The van der Waals surface area contributed by atoms with Gasteiger partial charge in [0.1, 0.15) is 11.3 Å². The van der Waals surface area contributed by atoms with Crippen molar-refractivity contribution in [1.82, 2.24) is 4.98 Å². The van der Waals surface area contributed by atoms with Gasteiger partial charge in [-0.05, 0) is 57.9 Å². The second-order valence-corrected chi connectivity index (χ2v) is 7.11. The Morgan fingerprint density at radius 3 is 2.73 bits per heavy atom. The Balaban J connectivity index is 1.65. The Morgan fingerprint density at radius 1 is 1.17 bits per heavy atom. The quantitative estimate of drug-likeness (QED) is 0.232. The largest absolute Gasteiger partial charge is 0.872 e. The van der Waals surface area contributed by atoms with Crippen molar-refractivity contribution in [1.29, 1.82) is 0 Å². The third-order valence-corrected chi connectivity index (χ3v) is 4.95. The van der Waals surface area contributed by atoms with Crippen LogP contribution in [0.1, 0.15) is 5.56 Å². The van der Waals surface area contributed by atoms with Gasteiger partial charge in [0, 0.05) is 23.9 Å². The van der Waals surface area contributed by atoms with Crippen LogP contribution in [0.25, 0.3) is 22.6 Å². The summed E-state index contributed by atoms with van der Waals surface area (Å²) in [5.41, 5.74) is 2.44. The Hall–Kier alpha value is -3.72. The van der Waals surface area contributed by atoms with Gasteiger partial charge >= 0.3 is 0 Å². The molecule has 4 rings (SSSR count). The Bertz CT molecular complexity index is 1300. The molecule has 30 heavy (non-hydrogen) atoms. The summed E-state index contributed by atoms with van der Waals surface area (Å²) in [5.74, 6) is 0.791. The molecule has 1 heterocycles. The van der Waals surface area contributed by atoms with E-state index >= 15 is 0 Å². The number of nitrogens with zero attached hydrogens (tertiary/aromatic N) is 3. The van der Waals surface area contributed by atoms with E-state index in [-0.39, 0.29) is 17.0 Å². The van der Waals surface area contributed by atoms with Gasteiger partial charge in [-0.1, -0.05) is 11.8 Å². The monoisotopic (exact) mass is 466 g/mol. The number of fused-ring (bicyclic) bond motifs is 1. The maximum atomic E-state index is 11.9. The van der Waals surface area contributed by atoms with Crippen molar-refractivity contribution in [3.8, 4) is 23.0 Å². The Morgan fingerprint density at radius 2 is 2.00 bits per heavy atom. The summed E-state index contributed by atoms with van der Waals surface area (Å²) in [6.07, 6.45) is 1.30. The van der Waals surface area contributed by atoms with E-state index < -0.39 is 4.92 Å². The molecule has 9 heteroatoms. The number of benzene rings is 3. The SMILES string of the molecule is COc1ccc(-c2nc3cc(N=Cc4cc([N+](=O)[O-])ccc4[O-])ccc3o2)cc1Br. The summed E-state index contributed by atoms with van der Waals surface area (Å²) in [6, 6.07) is 14.1. The topological polar surface area (TPSA) is 114 Å². The third kappa shape index (κ3) is 3.87. The van der Waals surface area contributed by atoms with Crippen molar-refractivity contribution in [3.63, 3.8) is 0 Å². The number of nitro groups is 1. The number of hydrogen-bond acceptors (Lipinski definition) is 7. The van der Waals surface area contributed by atoms with Crippen molar-refractivity contribution in [2.24, 2.45) is 4.99 Å². The number of nitro benzene ring substituents is 1. The first-order valence-electron chi connectivity index (χ1n) is 8.68. The van der Waals surface area contributed by atoms with Crippen molar-refractivity contribution < 1.29 is 19.2 Å². The average Bonchev–Trinajstić information content (AvgIpc) is 3.16. The zero-order chi connectivity index (χ0) is 21.3. The number of hydrogen-bond donors (Lipinski definition) is 0. The summed E-state index contributed by atoms with van der Waals surface area (Å²) in [7, 11) is 1.59. The lowest BCUT2D eigenvalue weighted by Crippen LogP contribution is -1.98. The number of oxazole rings is 1. The van der Waals surface area contributed by atoms with Crippen LogP contribution >= 0.6 is 15.9 Å². The normalized spacial score (nSPS) is 11.3. The average molecular weight is 467 g/mol. The molecule has 0 bridgehead atoms.